The molecule has 1 aliphatic rings. The Morgan fingerprint density at radius 2 is 1.64 bits per heavy atom. The van der Waals surface area contributed by atoms with Crippen LogP contribution in [0.15, 0.2) is 24.3 Å². The van der Waals surface area contributed by atoms with Crippen molar-refractivity contribution in [2.75, 3.05) is 19.6 Å². The number of carbonyl (C=O) groups is 2. The molecule has 1 saturated carbocycles. The fraction of sp³-hybridized carbons (Fsp3) is 0.600. The van der Waals surface area contributed by atoms with Gasteiger partial charge in [-0.15, -0.1) is 0 Å². The summed E-state index contributed by atoms with van der Waals surface area (Å²) in [5.74, 6) is 1.11. The van der Waals surface area contributed by atoms with Gasteiger partial charge in [0.15, 0.2) is 0 Å². The van der Waals surface area contributed by atoms with Crippen LogP contribution < -0.4 is 16.0 Å². The Morgan fingerprint density at radius 3 is 2.24 bits per heavy atom. The monoisotopic (exact) mass is 345 g/mol. The number of rotatable bonds is 7. The number of nitrogens with one attached hydrogen (secondary N) is 3. The van der Waals surface area contributed by atoms with Gasteiger partial charge >= 0.3 is 6.03 Å². The number of hydrogen-bond acceptors (Lipinski definition) is 2. The van der Waals surface area contributed by atoms with E-state index in [1.54, 1.807) is 0 Å². The number of urea groups is 1. The highest BCUT2D eigenvalue weighted by atomic mass is 16.2. The first-order chi connectivity index (χ1) is 12.1. The molecular weight excluding hydrogens is 314 g/mol. The molecule has 3 N–H and O–H groups in total. The van der Waals surface area contributed by atoms with E-state index in [9.17, 15) is 9.59 Å². The predicted octanol–water partition coefficient (Wildman–Crippen LogP) is 3.24. The molecule has 25 heavy (non-hydrogen) atoms. The van der Waals surface area contributed by atoms with Crippen LogP contribution in [0.25, 0.3) is 0 Å². The van der Waals surface area contributed by atoms with E-state index in [2.05, 4.69) is 16.0 Å². The van der Waals surface area contributed by atoms with Crippen LogP contribution in [0.2, 0.25) is 0 Å². The molecule has 0 aliphatic heterocycles. The van der Waals surface area contributed by atoms with E-state index in [1.165, 1.54) is 0 Å². The summed E-state index contributed by atoms with van der Waals surface area (Å²) in [6.45, 7) is 6.24. The maximum Gasteiger partial charge on any atom is 0.314 e. The lowest BCUT2D eigenvalue weighted by Crippen LogP contribution is -2.39. The van der Waals surface area contributed by atoms with Crippen molar-refractivity contribution in [2.24, 2.45) is 11.8 Å². The van der Waals surface area contributed by atoms with Gasteiger partial charge in [-0.05, 0) is 63.0 Å². The van der Waals surface area contributed by atoms with Gasteiger partial charge in [-0.2, -0.15) is 0 Å². The summed E-state index contributed by atoms with van der Waals surface area (Å²) in [7, 11) is 0. The highest BCUT2D eigenvalue weighted by molar-refractivity contribution is 5.94. The van der Waals surface area contributed by atoms with Crippen LogP contribution >= 0.6 is 0 Å². The summed E-state index contributed by atoms with van der Waals surface area (Å²) in [6, 6.07) is 7.62. The molecular formula is C20H31N3O2. The summed E-state index contributed by atoms with van der Waals surface area (Å²) in [6.07, 6.45) is 5.39. The summed E-state index contributed by atoms with van der Waals surface area (Å²) < 4.78 is 0. The van der Waals surface area contributed by atoms with Gasteiger partial charge in [0.05, 0.1) is 0 Å². The van der Waals surface area contributed by atoms with Crippen molar-refractivity contribution in [2.45, 2.75) is 46.0 Å². The van der Waals surface area contributed by atoms with Gasteiger partial charge in [0, 0.05) is 25.2 Å². The third kappa shape index (κ3) is 6.77. The maximum absolute atomic E-state index is 12.2. The van der Waals surface area contributed by atoms with Gasteiger partial charge in [-0.3, -0.25) is 4.79 Å². The Kier molecular flexibility index (Phi) is 7.76. The lowest BCUT2D eigenvalue weighted by Gasteiger charge is -2.28. The zero-order valence-electron chi connectivity index (χ0n) is 15.4. The fourth-order valence-electron chi connectivity index (χ4n) is 3.30. The van der Waals surface area contributed by atoms with E-state index in [1.807, 2.05) is 38.1 Å². The zero-order chi connectivity index (χ0) is 18.1. The molecule has 1 fully saturated rings. The largest absolute Gasteiger partial charge is 0.352 e. The molecule has 0 bridgehead atoms. The van der Waals surface area contributed by atoms with Crippen LogP contribution in [-0.2, 0) is 0 Å². The lowest BCUT2D eigenvalue weighted by atomic mass is 9.82. The van der Waals surface area contributed by atoms with Crippen LogP contribution in [0.3, 0.4) is 0 Å². The van der Waals surface area contributed by atoms with Gasteiger partial charge in [0.2, 0.25) is 0 Å². The SMILES string of the molecule is CCCNC(=O)NCC1CCC(CNC(=O)c2cccc(C)c2)CC1. The maximum atomic E-state index is 12.2. The van der Waals surface area contributed by atoms with Crippen molar-refractivity contribution < 1.29 is 9.59 Å². The average Bonchev–Trinajstić information content (AvgIpc) is 2.63. The number of hydrogen-bond donors (Lipinski definition) is 3. The molecule has 0 radical (unpaired) electrons. The molecule has 138 valence electrons. The number of aryl methyl sites for hydroxylation is 1. The van der Waals surface area contributed by atoms with Gasteiger partial charge in [0.1, 0.15) is 0 Å². The van der Waals surface area contributed by atoms with Crippen LogP contribution in [0.5, 0.6) is 0 Å². The van der Waals surface area contributed by atoms with Crippen molar-refractivity contribution in [1.82, 2.24) is 16.0 Å². The van der Waals surface area contributed by atoms with Gasteiger partial charge in [0.25, 0.3) is 5.91 Å². The van der Waals surface area contributed by atoms with Crippen LogP contribution in [0.4, 0.5) is 4.79 Å². The first-order valence-electron chi connectivity index (χ1n) is 9.45. The summed E-state index contributed by atoms with van der Waals surface area (Å²) in [4.78, 5) is 23.8. The average molecular weight is 345 g/mol. The minimum atomic E-state index is -0.0607. The second-order valence-corrected chi connectivity index (χ2v) is 7.10. The molecule has 0 aromatic heterocycles. The van der Waals surface area contributed by atoms with Crippen molar-refractivity contribution >= 4 is 11.9 Å². The van der Waals surface area contributed by atoms with E-state index in [-0.39, 0.29) is 11.9 Å². The number of amides is 3. The summed E-state index contributed by atoms with van der Waals surface area (Å²) >= 11 is 0. The quantitative estimate of drug-likeness (QED) is 0.710. The molecule has 3 amide bonds. The highest BCUT2D eigenvalue weighted by Crippen LogP contribution is 2.28. The standard InChI is InChI=1S/C20H31N3O2/c1-3-11-21-20(25)23-14-17-9-7-16(8-10-17)13-22-19(24)18-6-4-5-15(2)12-18/h4-6,12,16-17H,3,7-11,13-14H2,1-2H3,(H,22,24)(H2,21,23,25). The van der Waals surface area contributed by atoms with E-state index in [0.29, 0.717) is 11.8 Å². The highest BCUT2D eigenvalue weighted by Gasteiger charge is 2.22. The molecule has 0 atom stereocenters. The van der Waals surface area contributed by atoms with Crippen molar-refractivity contribution in [3.63, 3.8) is 0 Å². The van der Waals surface area contributed by atoms with Gasteiger partial charge < -0.3 is 16.0 Å². The molecule has 1 aromatic rings. The van der Waals surface area contributed by atoms with Crippen molar-refractivity contribution in [1.29, 1.82) is 0 Å². The van der Waals surface area contributed by atoms with E-state index < -0.39 is 0 Å². The van der Waals surface area contributed by atoms with Crippen LogP contribution in [0, 0.1) is 18.8 Å². The minimum Gasteiger partial charge on any atom is -0.352 e. The van der Waals surface area contributed by atoms with Crippen molar-refractivity contribution in [3.8, 4) is 0 Å². The minimum absolute atomic E-state index is 0.0140. The first kappa shape index (κ1) is 19.3. The molecule has 0 unspecified atom stereocenters. The topological polar surface area (TPSA) is 70.2 Å². The summed E-state index contributed by atoms with van der Waals surface area (Å²) in [5, 5.41) is 8.86. The Balaban J connectivity index is 1.63. The second-order valence-electron chi connectivity index (χ2n) is 7.10. The lowest BCUT2D eigenvalue weighted by molar-refractivity contribution is 0.0941. The Morgan fingerprint density at radius 1 is 1.00 bits per heavy atom. The van der Waals surface area contributed by atoms with E-state index in [4.69, 9.17) is 0 Å². The summed E-state index contributed by atoms with van der Waals surface area (Å²) in [5.41, 5.74) is 1.83. The number of carbonyl (C=O) groups excluding carboxylic acids is 2. The molecule has 5 heteroatoms. The van der Waals surface area contributed by atoms with Crippen LogP contribution in [0.1, 0.15) is 54.9 Å². The number of benzene rings is 1. The van der Waals surface area contributed by atoms with Gasteiger partial charge in [-0.25, -0.2) is 4.79 Å². The molecule has 1 aromatic carbocycles. The molecule has 0 spiro atoms. The smallest absolute Gasteiger partial charge is 0.314 e. The molecule has 5 nitrogen and oxygen atoms in total. The molecule has 2 rings (SSSR count). The molecule has 0 saturated heterocycles. The fourth-order valence-corrected chi connectivity index (χ4v) is 3.30. The molecule has 1 aliphatic carbocycles. The van der Waals surface area contributed by atoms with Crippen LogP contribution in [-0.4, -0.2) is 31.6 Å². The van der Waals surface area contributed by atoms with E-state index >= 15 is 0 Å². The van der Waals surface area contributed by atoms with Gasteiger partial charge in [-0.1, -0.05) is 24.6 Å². The third-order valence-corrected chi connectivity index (χ3v) is 4.88. The Hall–Kier alpha value is -2.04. The normalized spacial score (nSPS) is 19.9. The van der Waals surface area contributed by atoms with E-state index in [0.717, 1.165) is 62.9 Å². The Bertz CT molecular complexity index is 566. The zero-order valence-corrected chi connectivity index (χ0v) is 15.4. The van der Waals surface area contributed by atoms with Crippen molar-refractivity contribution in [3.05, 3.63) is 35.4 Å². The first-order valence-corrected chi connectivity index (χ1v) is 9.45. The second kappa shape index (κ2) is 10.1. The Labute approximate surface area is 151 Å². The molecule has 0 heterocycles. The third-order valence-electron chi connectivity index (χ3n) is 4.88. The predicted molar refractivity (Wildman–Crippen MR) is 101 cm³/mol.